The summed E-state index contributed by atoms with van der Waals surface area (Å²) in [7, 11) is 0. The molecule has 8 aromatic carbocycles. The summed E-state index contributed by atoms with van der Waals surface area (Å²) >= 11 is 0. The molecule has 0 unspecified atom stereocenters. The number of nitrogens with zero attached hydrogens (tertiary/aromatic N) is 1. The molecule has 0 saturated heterocycles. The first-order chi connectivity index (χ1) is 28.4. The Kier molecular flexibility index (Phi) is 10.1. The lowest BCUT2D eigenvalue weighted by Crippen LogP contribution is -2.12. The van der Waals surface area contributed by atoms with Crippen molar-refractivity contribution in [2.24, 2.45) is 0 Å². The van der Waals surface area contributed by atoms with Gasteiger partial charge in [0, 0.05) is 5.69 Å². The van der Waals surface area contributed by atoms with E-state index in [9.17, 15) is 0 Å². The van der Waals surface area contributed by atoms with E-state index in [0.29, 0.717) is 0 Å². The van der Waals surface area contributed by atoms with Gasteiger partial charge in [-0.3, -0.25) is 0 Å². The maximum absolute atomic E-state index is 2.44. The molecular weight excluding hydrogens is 699 g/mol. The first kappa shape index (κ1) is 36.4. The highest BCUT2D eigenvalue weighted by Gasteiger charge is 2.22. The third kappa shape index (κ3) is 7.76. The van der Waals surface area contributed by atoms with Crippen LogP contribution < -0.4 is 4.90 Å². The van der Waals surface area contributed by atoms with Crippen molar-refractivity contribution in [3.05, 3.63) is 255 Å². The van der Waals surface area contributed by atoms with Crippen molar-refractivity contribution in [2.75, 3.05) is 4.90 Å². The van der Waals surface area contributed by atoms with Gasteiger partial charge in [-0.05, 0) is 124 Å². The zero-order chi connectivity index (χ0) is 39.4. The maximum atomic E-state index is 2.44. The molecule has 0 bridgehead atoms. The quantitative estimate of drug-likeness (QED) is 0.140. The van der Waals surface area contributed by atoms with E-state index in [0.717, 1.165) is 39.3 Å². The minimum Gasteiger partial charge on any atom is -0.309 e. The smallest absolute Gasteiger partial charge is 0.0540 e. The second-order valence-electron chi connectivity index (χ2n) is 15.3. The Bertz CT molecular complexity index is 2630. The second kappa shape index (κ2) is 16.1. The fraction of sp³-hybridized carbons (Fsp3) is 0.0526. The number of benzene rings is 8. The fourth-order valence-electron chi connectivity index (χ4n) is 7.81. The number of anilines is 3. The predicted molar refractivity (Wildman–Crippen MR) is 249 cm³/mol. The molecule has 0 aromatic heterocycles. The third-order valence-corrected chi connectivity index (χ3v) is 11.1. The van der Waals surface area contributed by atoms with Crippen molar-refractivity contribution in [1.82, 2.24) is 0 Å². The van der Waals surface area contributed by atoms with Crippen molar-refractivity contribution in [2.45, 2.75) is 20.8 Å². The highest BCUT2D eigenvalue weighted by atomic mass is 15.1. The van der Waals surface area contributed by atoms with E-state index in [1.807, 2.05) is 0 Å². The van der Waals surface area contributed by atoms with E-state index in [1.165, 1.54) is 61.2 Å². The van der Waals surface area contributed by atoms with E-state index in [4.69, 9.17) is 0 Å². The van der Waals surface area contributed by atoms with Gasteiger partial charge in [-0.25, -0.2) is 0 Å². The van der Waals surface area contributed by atoms with Crippen LogP contribution in [0.2, 0.25) is 0 Å². The minimum absolute atomic E-state index is 1.10. The first-order valence-electron chi connectivity index (χ1n) is 20.1. The molecule has 0 amide bonds. The molecule has 1 nitrogen and oxygen atoms in total. The van der Waals surface area contributed by atoms with Crippen LogP contribution in [0.25, 0.3) is 46.6 Å². The van der Waals surface area contributed by atoms with E-state index in [1.54, 1.807) is 0 Å². The largest absolute Gasteiger partial charge is 0.309 e. The molecule has 58 heavy (non-hydrogen) atoms. The Morgan fingerprint density at radius 1 is 0.362 bits per heavy atom. The van der Waals surface area contributed by atoms with Crippen LogP contribution in [0, 0.1) is 20.8 Å². The van der Waals surface area contributed by atoms with Gasteiger partial charge in [0.1, 0.15) is 0 Å². The molecule has 0 aliphatic carbocycles. The van der Waals surface area contributed by atoms with Gasteiger partial charge in [0.15, 0.2) is 0 Å². The van der Waals surface area contributed by atoms with Gasteiger partial charge in [0.2, 0.25) is 0 Å². The van der Waals surface area contributed by atoms with E-state index in [2.05, 4.69) is 244 Å². The number of fused-ring (bicyclic) bond motifs is 2. The standard InChI is InChI=1S/C57H45N/c1-40-14-22-45(23-15-40)46-32-34-53(35-33-46)58-56-38-43(36-54(47-10-6-4-7-11-47)49-24-16-41(2)17-25-49)20-28-51(56)30-31-52-29-21-44(39-57(52)58)37-55(48-12-8-5-9-13-48)50-26-18-42(3)19-27-50/h4-39H,1-3H3/b54-36-,55-37-. The summed E-state index contributed by atoms with van der Waals surface area (Å²) in [5.41, 5.74) is 21.3. The monoisotopic (exact) mass is 743 g/mol. The predicted octanol–water partition coefficient (Wildman–Crippen LogP) is 15.4. The molecule has 8 aromatic rings. The molecule has 0 atom stereocenters. The molecule has 0 radical (unpaired) electrons. The van der Waals surface area contributed by atoms with Crippen LogP contribution in [0.3, 0.4) is 0 Å². The van der Waals surface area contributed by atoms with Crippen LogP contribution in [0.5, 0.6) is 0 Å². The van der Waals surface area contributed by atoms with Crippen LogP contribution in [0.15, 0.2) is 194 Å². The zero-order valence-electron chi connectivity index (χ0n) is 33.2. The average molecular weight is 744 g/mol. The van der Waals surface area contributed by atoms with Gasteiger partial charge < -0.3 is 4.90 Å². The highest BCUT2D eigenvalue weighted by molar-refractivity contribution is 5.98. The lowest BCUT2D eigenvalue weighted by molar-refractivity contribution is 1.27. The van der Waals surface area contributed by atoms with Gasteiger partial charge in [0.25, 0.3) is 0 Å². The van der Waals surface area contributed by atoms with Gasteiger partial charge in [0.05, 0.1) is 11.4 Å². The molecule has 1 aliphatic rings. The Hall–Kier alpha value is -7.22. The first-order valence-corrected chi connectivity index (χ1v) is 20.1. The van der Waals surface area contributed by atoms with Crippen molar-refractivity contribution >= 4 is 52.5 Å². The second-order valence-corrected chi connectivity index (χ2v) is 15.3. The van der Waals surface area contributed by atoms with Crippen LogP contribution in [-0.4, -0.2) is 0 Å². The van der Waals surface area contributed by atoms with Crippen molar-refractivity contribution in [3.8, 4) is 11.1 Å². The van der Waals surface area contributed by atoms with Crippen LogP contribution in [0.4, 0.5) is 17.1 Å². The molecule has 1 aliphatic heterocycles. The maximum Gasteiger partial charge on any atom is 0.0540 e. The van der Waals surface area contributed by atoms with Gasteiger partial charge in [-0.15, -0.1) is 0 Å². The third-order valence-electron chi connectivity index (χ3n) is 11.1. The Labute approximate surface area is 343 Å². The van der Waals surface area contributed by atoms with E-state index >= 15 is 0 Å². The fourth-order valence-corrected chi connectivity index (χ4v) is 7.81. The van der Waals surface area contributed by atoms with Crippen LogP contribution in [-0.2, 0) is 0 Å². The van der Waals surface area contributed by atoms with Crippen LogP contribution in [0.1, 0.15) is 61.2 Å². The number of rotatable bonds is 8. The number of hydrogen-bond acceptors (Lipinski definition) is 1. The minimum atomic E-state index is 1.10. The Morgan fingerprint density at radius 2 is 0.724 bits per heavy atom. The summed E-state index contributed by atoms with van der Waals surface area (Å²) in [6, 6.07) is 70.7. The average Bonchev–Trinajstić information content (AvgIpc) is 3.42. The Morgan fingerprint density at radius 3 is 1.14 bits per heavy atom. The molecule has 1 heteroatoms. The van der Waals surface area contributed by atoms with E-state index in [-0.39, 0.29) is 0 Å². The lowest BCUT2D eigenvalue weighted by Gasteiger charge is -2.28. The van der Waals surface area contributed by atoms with Gasteiger partial charge in [-0.1, -0.05) is 199 Å². The molecule has 278 valence electrons. The Balaban J connectivity index is 1.21. The summed E-state index contributed by atoms with van der Waals surface area (Å²) in [6.07, 6.45) is 9.19. The normalized spacial score (nSPS) is 12.5. The van der Waals surface area contributed by atoms with Crippen molar-refractivity contribution < 1.29 is 0 Å². The van der Waals surface area contributed by atoms with Gasteiger partial charge in [-0.2, -0.15) is 0 Å². The molecule has 0 fully saturated rings. The zero-order valence-corrected chi connectivity index (χ0v) is 33.2. The van der Waals surface area contributed by atoms with E-state index < -0.39 is 0 Å². The summed E-state index contributed by atoms with van der Waals surface area (Å²) in [4.78, 5) is 2.44. The molecule has 1 heterocycles. The highest BCUT2D eigenvalue weighted by Crippen LogP contribution is 2.44. The molecule has 0 spiro atoms. The van der Waals surface area contributed by atoms with Crippen molar-refractivity contribution in [3.63, 3.8) is 0 Å². The number of aryl methyl sites for hydroxylation is 3. The van der Waals surface area contributed by atoms with Gasteiger partial charge >= 0.3 is 0 Å². The van der Waals surface area contributed by atoms with Crippen LogP contribution >= 0.6 is 0 Å². The molecule has 9 rings (SSSR count). The summed E-state index contributed by atoms with van der Waals surface area (Å²) < 4.78 is 0. The lowest BCUT2D eigenvalue weighted by atomic mass is 9.94. The topological polar surface area (TPSA) is 3.24 Å². The summed E-state index contributed by atoms with van der Waals surface area (Å²) in [6.45, 7) is 6.42. The molecular formula is C57H45N. The van der Waals surface area contributed by atoms with Crippen molar-refractivity contribution in [1.29, 1.82) is 0 Å². The summed E-state index contributed by atoms with van der Waals surface area (Å²) in [5.74, 6) is 0. The molecule has 0 saturated carbocycles. The summed E-state index contributed by atoms with van der Waals surface area (Å²) in [5, 5.41) is 0. The molecule has 0 N–H and O–H groups in total. The number of hydrogen-bond donors (Lipinski definition) is 0. The SMILES string of the molecule is Cc1ccc(/C(=C\c2ccc3c(c2)N(c2ccc(-c4ccc(C)cc4)cc2)c2cc(/C=C(/c4ccccc4)c4ccc(C)cc4)ccc2C=C3)c2ccccc2)cc1.